The number of amides is 1. The highest BCUT2D eigenvalue weighted by Crippen LogP contribution is 2.12. The van der Waals surface area contributed by atoms with Gasteiger partial charge in [-0.3, -0.25) is 9.69 Å². The largest absolute Gasteiger partial charge is 0.373 e. The summed E-state index contributed by atoms with van der Waals surface area (Å²) < 4.78 is 7.52. The van der Waals surface area contributed by atoms with Gasteiger partial charge in [0.05, 0.1) is 17.9 Å². The van der Waals surface area contributed by atoms with E-state index >= 15 is 0 Å². The number of hydrogen-bond donors (Lipinski definition) is 1. The van der Waals surface area contributed by atoms with Gasteiger partial charge >= 0.3 is 0 Å². The number of benzene rings is 1. The Morgan fingerprint density at radius 1 is 1.24 bits per heavy atom. The van der Waals surface area contributed by atoms with E-state index in [1.165, 1.54) is 0 Å². The minimum atomic E-state index is -0.132. The average molecular weight is 342 g/mol. The van der Waals surface area contributed by atoms with Crippen LogP contribution in [0, 0.1) is 6.92 Å². The van der Waals surface area contributed by atoms with Gasteiger partial charge in [-0.2, -0.15) is 5.10 Å². The van der Waals surface area contributed by atoms with Gasteiger partial charge in [-0.25, -0.2) is 4.68 Å². The summed E-state index contributed by atoms with van der Waals surface area (Å²) >= 11 is 0. The lowest BCUT2D eigenvalue weighted by Gasteiger charge is -2.35. The molecular formula is C19H26N4O2. The van der Waals surface area contributed by atoms with Crippen molar-refractivity contribution >= 4 is 5.91 Å². The number of carbonyl (C=O) groups is 1. The van der Waals surface area contributed by atoms with Crippen LogP contribution in [0.1, 0.15) is 30.0 Å². The zero-order chi connectivity index (χ0) is 17.8. The Bertz CT molecular complexity index is 703. The van der Waals surface area contributed by atoms with Crippen molar-refractivity contribution < 1.29 is 9.53 Å². The second-order valence-corrected chi connectivity index (χ2v) is 6.69. The smallest absolute Gasteiger partial charge is 0.271 e. The van der Waals surface area contributed by atoms with Crippen molar-refractivity contribution in [2.24, 2.45) is 0 Å². The predicted molar refractivity (Wildman–Crippen MR) is 97.1 cm³/mol. The Kier molecular flexibility index (Phi) is 5.50. The first-order chi connectivity index (χ1) is 12.0. The first-order valence-corrected chi connectivity index (χ1v) is 8.81. The van der Waals surface area contributed by atoms with E-state index < -0.39 is 0 Å². The van der Waals surface area contributed by atoms with Crippen molar-refractivity contribution in [3.8, 4) is 5.69 Å². The monoisotopic (exact) mass is 342 g/mol. The van der Waals surface area contributed by atoms with E-state index in [9.17, 15) is 4.79 Å². The van der Waals surface area contributed by atoms with E-state index in [1.807, 2.05) is 43.3 Å². The number of morpholine rings is 1. The van der Waals surface area contributed by atoms with Crippen LogP contribution < -0.4 is 5.32 Å². The van der Waals surface area contributed by atoms with Crippen molar-refractivity contribution in [1.29, 1.82) is 0 Å². The van der Waals surface area contributed by atoms with E-state index in [4.69, 9.17) is 4.74 Å². The topological polar surface area (TPSA) is 59.4 Å². The van der Waals surface area contributed by atoms with Gasteiger partial charge < -0.3 is 10.1 Å². The normalized spacial score (nSPS) is 21.2. The summed E-state index contributed by atoms with van der Waals surface area (Å²) in [7, 11) is 0. The van der Waals surface area contributed by atoms with Gasteiger partial charge in [0.25, 0.3) is 5.91 Å². The zero-order valence-corrected chi connectivity index (χ0v) is 15.1. The third-order valence-electron chi connectivity index (χ3n) is 4.33. The average Bonchev–Trinajstić information content (AvgIpc) is 2.97. The van der Waals surface area contributed by atoms with Crippen LogP contribution in [-0.4, -0.2) is 59.0 Å². The van der Waals surface area contributed by atoms with Gasteiger partial charge in [0.15, 0.2) is 5.69 Å². The fraction of sp³-hybridized carbons (Fsp3) is 0.474. The quantitative estimate of drug-likeness (QED) is 0.903. The van der Waals surface area contributed by atoms with Crippen LogP contribution in [0.3, 0.4) is 0 Å². The molecule has 0 spiro atoms. The molecule has 0 unspecified atom stereocenters. The molecule has 2 aromatic rings. The molecule has 1 aliphatic heterocycles. The standard InChI is InChI=1S/C19H26N4O2/c1-14-11-18(21-23(14)17-7-5-4-6-8-17)19(24)20-9-10-22-12-15(2)25-16(3)13-22/h4-8,11,15-16H,9-10,12-13H2,1-3H3,(H,20,24)/t15-,16-/m0/s1. The van der Waals surface area contributed by atoms with Crippen molar-refractivity contribution in [1.82, 2.24) is 20.0 Å². The Balaban J connectivity index is 1.55. The maximum absolute atomic E-state index is 12.4. The van der Waals surface area contributed by atoms with Crippen molar-refractivity contribution in [3.63, 3.8) is 0 Å². The number of ether oxygens (including phenoxy) is 1. The van der Waals surface area contributed by atoms with Crippen LogP contribution >= 0.6 is 0 Å². The van der Waals surface area contributed by atoms with Crippen molar-refractivity contribution in [2.75, 3.05) is 26.2 Å². The molecule has 1 aromatic carbocycles. The molecule has 1 fully saturated rings. The number of nitrogens with zero attached hydrogens (tertiary/aromatic N) is 3. The van der Waals surface area contributed by atoms with Crippen LogP contribution in [0.15, 0.2) is 36.4 Å². The maximum atomic E-state index is 12.4. The highest BCUT2D eigenvalue weighted by Gasteiger charge is 2.22. The zero-order valence-electron chi connectivity index (χ0n) is 15.1. The fourth-order valence-corrected chi connectivity index (χ4v) is 3.30. The van der Waals surface area contributed by atoms with Crippen molar-refractivity contribution in [2.45, 2.75) is 33.0 Å². The molecular weight excluding hydrogens is 316 g/mol. The minimum Gasteiger partial charge on any atom is -0.373 e. The number of carbonyl (C=O) groups excluding carboxylic acids is 1. The molecule has 0 aliphatic carbocycles. The molecule has 2 heterocycles. The lowest BCUT2D eigenvalue weighted by Crippen LogP contribution is -2.47. The summed E-state index contributed by atoms with van der Waals surface area (Å²) in [5.41, 5.74) is 2.34. The number of rotatable bonds is 5. The fourth-order valence-electron chi connectivity index (χ4n) is 3.30. The van der Waals surface area contributed by atoms with E-state index in [1.54, 1.807) is 4.68 Å². The SMILES string of the molecule is Cc1cc(C(=O)NCCN2C[C@H](C)O[C@@H](C)C2)nn1-c1ccccc1. The van der Waals surface area contributed by atoms with E-state index in [-0.39, 0.29) is 18.1 Å². The highest BCUT2D eigenvalue weighted by molar-refractivity contribution is 5.92. The van der Waals surface area contributed by atoms with Crippen LogP contribution in [-0.2, 0) is 4.74 Å². The number of para-hydroxylation sites is 1. The van der Waals surface area contributed by atoms with Crippen LogP contribution in [0.5, 0.6) is 0 Å². The molecule has 0 radical (unpaired) electrons. The van der Waals surface area contributed by atoms with E-state index in [0.29, 0.717) is 12.2 Å². The molecule has 134 valence electrons. The summed E-state index contributed by atoms with van der Waals surface area (Å²) in [6, 6.07) is 11.6. The lowest BCUT2D eigenvalue weighted by atomic mass is 10.2. The molecule has 1 aliphatic rings. The maximum Gasteiger partial charge on any atom is 0.271 e. The highest BCUT2D eigenvalue weighted by atomic mass is 16.5. The summed E-state index contributed by atoms with van der Waals surface area (Å²) in [6.45, 7) is 9.36. The van der Waals surface area contributed by atoms with Gasteiger partial charge in [-0.05, 0) is 39.0 Å². The van der Waals surface area contributed by atoms with E-state index in [0.717, 1.165) is 31.0 Å². The molecule has 1 aromatic heterocycles. The second-order valence-electron chi connectivity index (χ2n) is 6.69. The third kappa shape index (κ3) is 4.46. The number of aromatic nitrogens is 2. The van der Waals surface area contributed by atoms with Gasteiger partial charge in [0.2, 0.25) is 0 Å². The van der Waals surface area contributed by atoms with Crippen LogP contribution in [0.4, 0.5) is 0 Å². The first kappa shape index (κ1) is 17.6. The molecule has 3 rings (SSSR count). The molecule has 6 nitrogen and oxygen atoms in total. The molecule has 1 amide bonds. The molecule has 6 heteroatoms. The number of aryl methyl sites for hydroxylation is 1. The van der Waals surface area contributed by atoms with Gasteiger partial charge in [-0.15, -0.1) is 0 Å². The summed E-state index contributed by atoms with van der Waals surface area (Å²) in [5.74, 6) is -0.132. The Morgan fingerprint density at radius 2 is 1.92 bits per heavy atom. The molecule has 25 heavy (non-hydrogen) atoms. The Hall–Kier alpha value is -2.18. The van der Waals surface area contributed by atoms with Gasteiger partial charge in [0, 0.05) is 31.9 Å². The summed E-state index contributed by atoms with van der Waals surface area (Å²) in [6.07, 6.45) is 0.479. The van der Waals surface area contributed by atoms with Crippen LogP contribution in [0.25, 0.3) is 5.69 Å². The predicted octanol–water partition coefficient (Wildman–Crippen LogP) is 2.02. The van der Waals surface area contributed by atoms with Gasteiger partial charge in [0.1, 0.15) is 0 Å². The molecule has 0 saturated carbocycles. The Labute approximate surface area is 148 Å². The second kappa shape index (κ2) is 7.80. The molecule has 0 bridgehead atoms. The Morgan fingerprint density at radius 3 is 2.60 bits per heavy atom. The van der Waals surface area contributed by atoms with Gasteiger partial charge in [-0.1, -0.05) is 18.2 Å². The lowest BCUT2D eigenvalue weighted by molar-refractivity contribution is -0.0672. The first-order valence-electron chi connectivity index (χ1n) is 8.81. The molecule has 1 saturated heterocycles. The molecule has 1 N–H and O–H groups in total. The number of hydrogen-bond acceptors (Lipinski definition) is 4. The van der Waals surface area contributed by atoms with Crippen LogP contribution in [0.2, 0.25) is 0 Å². The van der Waals surface area contributed by atoms with E-state index in [2.05, 4.69) is 29.2 Å². The third-order valence-corrected chi connectivity index (χ3v) is 4.33. The van der Waals surface area contributed by atoms with Crippen molar-refractivity contribution in [3.05, 3.63) is 47.8 Å². The molecule has 2 atom stereocenters. The number of nitrogens with one attached hydrogen (secondary N) is 1. The summed E-state index contributed by atoms with van der Waals surface area (Å²) in [4.78, 5) is 14.7. The minimum absolute atomic E-state index is 0.132. The summed E-state index contributed by atoms with van der Waals surface area (Å²) in [5, 5.41) is 7.41.